The molecule has 20 heavy (non-hydrogen) atoms. The number of carboxylic acids is 1. The molecule has 0 unspecified atom stereocenters. The number of rotatable bonds is 5. The highest BCUT2D eigenvalue weighted by atomic mass is 16.6. The highest BCUT2D eigenvalue weighted by Crippen LogP contribution is 2.23. The molecule has 1 aromatic rings. The van der Waals surface area contributed by atoms with Crippen molar-refractivity contribution >= 4 is 17.6 Å². The third kappa shape index (κ3) is 3.11. The van der Waals surface area contributed by atoms with Crippen molar-refractivity contribution in [1.82, 2.24) is 0 Å². The molecule has 0 fully saturated rings. The Hall–Kier alpha value is -2.88. The lowest BCUT2D eigenvalue weighted by atomic mass is 10.1. The molecule has 1 N–H and O–H groups in total. The number of carboxylic acid groups (broad SMARTS) is 1. The molecule has 0 saturated heterocycles. The van der Waals surface area contributed by atoms with Gasteiger partial charge in [-0.25, -0.2) is 9.59 Å². The second-order valence-electron chi connectivity index (χ2n) is 3.73. The zero-order chi connectivity index (χ0) is 15.3. The van der Waals surface area contributed by atoms with Crippen LogP contribution in [0.4, 0.5) is 5.69 Å². The van der Waals surface area contributed by atoms with E-state index in [0.717, 1.165) is 12.1 Å². The minimum absolute atomic E-state index is 0.347. The third-order valence-electron chi connectivity index (χ3n) is 2.48. The Labute approximate surface area is 114 Å². The first kappa shape index (κ1) is 15.2. The lowest BCUT2D eigenvalue weighted by molar-refractivity contribution is -0.385. The molecule has 0 aromatic heterocycles. The monoisotopic (exact) mass is 277 g/mol. The molecular weight excluding hydrogens is 266 g/mol. The fourth-order valence-electron chi connectivity index (χ4n) is 1.52. The number of terminal acetylenes is 1. The van der Waals surface area contributed by atoms with Crippen molar-refractivity contribution in [3.8, 4) is 12.3 Å². The van der Waals surface area contributed by atoms with Crippen molar-refractivity contribution in [2.75, 3.05) is 0 Å². The van der Waals surface area contributed by atoms with Gasteiger partial charge in [-0.1, -0.05) is 18.9 Å². The zero-order valence-corrected chi connectivity index (χ0v) is 10.5. The van der Waals surface area contributed by atoms with E-state index in [2.05, 4.69) is 5.92 Å². The number of esters is 1. The Morgan fingerprint density at radius 3 is 2.65 bits per heavy atom. The first-order valence-electron chi connectivity index (χ1n) is 5.60. The molecule has 0 spiro atoms. The number of hydrogen-bond donors (Lipinski definition) is 1. The van der Waals surface area contributed by atoms with E-state index in [1.807, 2.05) is 0 Å². The highest BCUT2D eigenvalue weighted by molar-refractivity contribution is 6.05. The van der Waals surface area contributed by atoms with Crippen LogP contribution in [0.3, 0.4) is 0 Å². The van der Waals surface area contributed by atoms with Gasteiger partial charge < -0.3 is 9.84 Å². The normalized spacial score (nSPS) is 11.2. The maximum absolute atomic E-state index is 11.9. The summed E-state index contributed by atoms with van der Waals surface area (Å²) < 4.78 is 4.90. The van der Waals surface area contributed by atoms with Crippen molar-refractivity contribution in [2.45, 2.75) is 19.4 Å². The Kier molecular flexibility index (Phi) is 4.81. The van der Waals surface area contributed by atoms with E-state index in [1.54, 1.807) is 6.92 Å². The maximum Gasteiger partial charge on any atom is 0.343 e. The van der Waals surface area contributed by atoms with E-state index in [9.17, 15) is 19.7 Å². The average molecular weight is 277 g/mol. The smallest absolute Gasteiger partial charge is 0.343 e. The quantitative estimate of drug-likeness (QED) is 0.381. The summed E-state index contributed by atoms with van der Waals surface area (Å²) in [6.45, 7) is 1.68. The van der Waals surface area contributed by atoms with Gasteiger partial charge in [0.1, 0.15) is 0 Å². The Bertz CT molecular complexity index is 601. The summed E-state index contributed by atoms with van der Waals surface area (Å²) in [6, 6.07) is 3.35. The second kappa shape index (κ2) is 6.33. The number of aromatic carboxylic acids is 1. The highest BCUT2D eigenvalue weighted by Gasteiger charge is 2.28. The van der Waals surface area contributed by atoms with Gasteiger partial charge in [-0.3, -0.25) is 10.1 Å². The van der Waals surface area contributed by atoms with Gasteiger partial charge in [0.05, 0.1) is 10.5 Å². The minimum atomic E-state index is -1.59. The lowest BCUT2D eigenvalue weighted by Crippen LogP contribution is -2.19. The van der Waals surface area contributed by atoms with Gasteiger partial charge in [0.2, 0.25) is 0 Å². The van der Waals surface area contributed by atoms with E-state index < -0.39 is 39.8 Å². The summed E-state index contributed by atoms with van der Waals surface area (Å²) in [4.78, 5) is 32.9. The lowest BCUT2D eigenvalue weighted by Gasteiger charge is -2.11. The molecule has 1 rings (SSSR count). The number of nitrogens with zero attached hydrogens (tertiary/aromatic N) is 1. The Morgan fingerprint density at radius 2 is 2.20 bits per heavy atom. The molecule has 1 aromatic carbocycles. The predicted octanol–water partition coefficient (Wildman–Crippen LogP) is 1.86. The molecule has 104 valence electrons. The summed E-state index contributed by atoms with van der Waals surface area (Å²) in [5.74, 6) is -0.375. The fraction of sp³-hybridized carbons (Fsp3) is 0.231. The molecule has 0 bridgehead atoms. The van der Waals surface area contributed by atoms with Gasteiger partial charge in [0.25, 0.3) is 5.69 Å². The molecule has 0 saturated carbocycles. The molecular formula is C13H11NO6. The molecule has 7 nitrogen and oxygen atoms in total. The molecule has 0 radical (unpaired) electrons. The Balaban J connectivity index is 3.28. The standard InChI is InChI=1S/C13H11NO6/c1-3-8(4-2)20-13(17)9-6-5-7-10(14(18)19)11(9)12(15)16/h1,5-8H,4H2,2H3,(H,15,16)/t8-/m1/s1. The molecule has 0 aliphatic heterocycles. The molecule has 1 atom stereocenters. The summed E-state index contributed by atoms with van der Waals surface area (Å²) in [5, 5.41) is 19.8. The van der Waals surface area contributed by atoms with Gasteiger partial charge in [0, 0.05) is 6.07 Å². The van der Waals surface area contributed by atoms with Crippen molar-refractivity contribution in [2.24, 2.45) is 0 Å². The molecule has 0 heterocycles. The zero-order valence-electron chi connectivity index (χ0n) is 10.5. The van der Waals surface area contributed by atoms with Crippen LogP contribution < -0.4 is 0 Å². The van der Waals surface area contributed by atoms with Crippen LogP contribution >= 0.6 is 0 Å². The van der Waals surface area contributed by atoms with Crippen LogP contribution in [0.15, 0.2) is 18.2 Å². The van der Waals surface area contributed by atoms with Crippen molar-refractivity contribution in [3.63, 3.8) is 0 Å². The van der Waals surface area contributed by atoms with Crippen LogP contribution in [-0.2, 0) is 4.74 Å². The molecule has 7 heteroatoms. The number of benzene rings is 1. The van der Waals surface area contributed by atoms with Crippen LogP contribution in [0.5, 0.6) is 0 Å². The maximum atomic E-state index is 11.9. The van der Waals surface area contributed by atoms with Crippen LogP contribution in [0.25, 0.3) is 0 Å². The first-order valence-corrected chi connectivity index (χ1v) is 5.60. The Morgan fingerprint density at radius 1 is 1.55 bits per heavy atom. The van der Waals surface area contributed by atoms with Crippen LogP contribution in [0.2, 0.25) is 0 Å². The van der Waals surface area contributed by atoms with Gasteiger partial charge in [-0.15, -0.1) is 6.42 Å². The SMILES string of the molecule is C#C[C@H](CC)OC(=O)c1cccc([N+](=O)[O-])c1C(=O)O. The molecule has 0 aliphatic rings. The van der Waals surface area contributed by atoms with Gasteiger partial charge in [-0.2, -0.15) is 0 Å². The van der Waals surface area contributed by atoms with Gasteiger partial charge >= 0.3 is 11.9 Å². The van der Waals surface area contributed by atoms with Gasteiger partial charge in [-0.05, 0) is 12.5 Å². The molecule has 0 amide bonds. The number of carbonyl (C=O) groups excluding carboxylic acids is 1. The van der Waals surface area contributed by atoms with Crippen LogP contribution in [0.1, 0.15) is 34.1 Å². The van der Waals surface area contributed by atoms with Crippen molar-refractivity contribution in [3.05, 3.63) is 39.4 Å². The topological polar surface area (TPSA) is 107 Å². The van der Waals surface area contributed by atoms with Gasteiger partial charge in [0.15, 0.2) is 11.7 Å². The summed E-state index contributed by atoms with van der Waals surface area (Å²) in [7, 11) is 0. The van der Waals surface area contributed by atoms with Crippen LogP contribution in [0, 0.1) is 22.5 Å². The van der Waals surface area contributed by atoms with E-state index in [1.165, 1.54) is 6.07 Å². The largest absolute Gasteiger partial charge is 0.477 e. The summed E-state index contributed by atoms with van der Waals surface area (Å²) >= 11 is 0. The number of hydrogen-bond acceptors (Lipinski definition) is 5. The van der Waals surface area contributed by atoms with E-state index >= 15 is 0 Å². The van der Waals surface area contributed by atoms with E-state index in [-0.39, 0.29) is 0 Å². The third-order valence-corrected chi connectivity index (χ3v) is 2.48. The number of carbonyl (C=O) groups is 2. The van der Waals surface area contributed by atoms with Crippen molar-refractivity contribution < 1.29 is 24.4 Å². The molecule has 0 aliphatic carbocycles. The number of nitro groups is 1. The number of nitro benzene ring substituents is 1. The fourth-order valence-corrected chi connectivity index (χ4v) is 1.52. The number of ether oxygens (including phenoxy) is 1. The average Bonchev–Trinajstić information content (AvgIpc) is 2.43. The van der Waals surface area contributed by atoms with E-state index in [0.29, 0.717) is 6.42 Å². The minimum Gasteiger partial charge on any atom is -0.477 e. The summed E-state index contributed by atoms with van der Waals surface area (Å²) in [5.41, 5.74) is -1.80. The summed E-state index contributed by atoms with van der Waals surface area (Å²) in [6.07, 6.45) is 4.66. The predicted molar refractivity (Wildman–Crippen MR) is 68.4 cm³/mol. The van der Waals surface area contributed by atoms with E-state index in [4.69, 9.17) is 16.3 Å². The second-order valence-corrected chi connectivity index (χ2v) is 3.73. The first-order chi connectivity index (χ1) is 9.42. The van der Waals surface area contributed by atoms with Crippen molar-refractivity contribution in [1.29, 1.82) is 0 Å². The van der Waals surface area contributed by atoms with Crippen LogP contribution in [-0.4, -0.2) is 28.1 Å².